The molecule has 1 heterocycles. The summed E-state index contributed by atoms with van der Waals surface area (Å²) in [5.41, 5.74) is 1.57. The number of carbonyl (C=O) groups excluding carboxylic acids is 1. The third kappa shape index (κ3) is 4.57. The van der Waals surface area contributed by atoms with Crippen molar-refractivity contribution in [1.29, 1.82) is 0 Å². The Bertz CT molecular complexity index is 803. The lowest BCUT2D eigenvalue weighted by Gasteiger charge is -2.19. The van der Waals surface area contributed by atoms with Gasteiger partial charge in [0.05, 0.1) is 12.0 Å². The highest BCUT2D eigenvalue weighted by molar-refractivity contribution is 7.91. The monoisotopic (exact) mass is 362 g/mol. The van der Waals surface area contributed by atoms with Gasteiger partial charge >= 0.3 is 6.09 Å². The molecule has 1 N–H and O–H groups in total. The fourth-order valence-corrected chi connectivity index (χ4v) is 4.07. The van der Waals surface area contributed by atoms with Crippen LogP contribution in [0.15, 0.2) is 53.7 Å². The maximum Gasteiger partial charge on any atom is 0.406 e. The van der Waals surface area contributed by atoms with Gasteiger partial charge in [-0.05, 0) is 35.2 Å². The molecule has 0 aliphatic carbocycles. The quantitative estimate of drug-likeness (QED) is 0.853. The van der Waals surface area contributed by atoms with E-state index in [1.54, 1.807) is 30.5 Å². The summed E-state index contributed by atoms with van der Waals surface area (Å²) in [6, 6.07) is 10.2. The minimum Gasteiger partial charge on any atom is -0.453 e. The van der Waals surface area contributed by atoms with Crippen LogP contribution in [0.1, 0.15) is 36.1 Å². The molecule has 25 heavy (non-hydrogen) atoms. The van der Waals surface area contributed by atoms with Gasteiger partial charge in [0.1, 0.15) is 5.25 Å². The van der Waals surface area contributed by atoms with Crippen molar-refractivity contribution >= 4 is 15.9 Å². The van der Waals surface area contributed by atoms with Gasteiger partial charge in [-0.2, -0.15) is 0 Å². The number of ether oxygens (including phenoxy) is 1. The predicted octanol–water partition coefficient (Wildman–Crippen LogP) is 3.08. The van der Waals surface area contributed by atoms with Crippen LogP contribution >= 0.6 is 0 Å². The summed E-state index contributed by atoms with van der Waals surface area (Å²) in [5, 5.41) is 1.51. The highest BCUT2D eigenvalue weighted by Crippen LogP contribution is 2.29. The Morgan fingerprint density at radius 3 is 2.36 bits per heavy atom. The van der Waals surface area contributed by atoms with Crippen LogP contribution in [-0.4, -0.2) is 33.1 Å². The Kier molecular flexibility index (Phi) is 6.14. The van der Waals surface area contributed by atoms with Gasteiger partial charge in [-0.25, -0.2) is 13.2 Å². The molecule has 0 saturated carbocycles. The lowest BCUT2D eigenvalue weighted by atomic mass is 10.0. The molecule has 2 rings (SSSR count). The van der Waals surface area contributed by atoms with Crippen LogP contribution in [-0.2, 0) is 14.6 Å². The summed E-state index contributed by atoms with van der Waals surface area (Å²) in [5.74, 6) is 0.312. The maximum atomic E-state index is 13.1. The number of amides is 1. The molecule has 1 unspecified atom stereocenters. The summed E-state index contributed by atoms with van der Waals surface area (Å²) in [6.07, 6.45) is 2.38. The standard InChI is InChI=1S/C18H22N2O4S/c1-13(2)14-6-8-16(9-7-14)25(22,23)17(12-20-18(21)24-3)15-5-4-10-19-11-15/h4-11,13,17H,12H2,1-3H3,(H,20,21). The highest BCUT2D eigenvalue weighted by atomic mass is 32.2. The molecule has 134 valence electrons. The number of pyridine rings is 1. The molecule has 0 aliphatic rings. The minimum absolute atomic E-state index is 0.105. The van der Waals surface area contributed by atoms with E-state index in [-0.39, 0.29) is 11.4 Å². The van der Waals surface area contributed by atoms with Crippen LogP contribution in [0.2, 0.25) is 0 Å². The number of hydrogen-bond acceptors (Lipinski definition) is 5. The van der Waals surface area contributed by atoms with Crippen molar-refractivity contribution in [3.63, 3.8) is 0 Å². The molecule has 6 nitrogen and oxygen atoms in total. The average molecular weight is 362 g/mol. The van der Waals surface area contributed by atoms with Crippen molar-refractivity contribution < 1.29 is 17.9 Å². The summed E-state index contributed by atoms with van der Waals surface area (Å²) >= 11 is 0. The zero-order chi connectivity index (χ0) is 18.4. The number of hydrogen-bond donors (Lipinski definition) is 1. The molecule has 0 radical (unpaired) electrons. The second-order valence-corrected chi connectivity index (χ2v) is 8.05. The predicted molar refractivity (Wildman–Crippen MR) is 95.1 cm³/mol. The molecule has 0 fully saturated rings. The number of aromatic nitrogens is 1. The molecule has 0 aliphatic heterocycles. The number of nitrogens with one attached hydrogen (secondary N) is 1. The zero-order valence-electron chi connectivity index (χ0n) is 14.5. The molecule has 0 bridgehead atoms. The first kappa shape index (κ1) is 18.9. The largest absolute Gasteiger partial charge is 0.453 e. The summed E-state index contributed by atoms with van der Waals surface area (Å²) in [6.45, 7) is 3.98. The SMILES string of the molecule is COC(=O)NCC(c1cccnc1)S(=O)(=O)c1ccc(C(C)C)cc1. The van der Waals surface area contributed by atoms with E-state index < -0.39 is 21.2 Å². The Balaban J connectivity index is 2.38. The molecule has 1 amide bonds. The lowest BCUT2D eigenvalue weighted by Crippen LogP contribution is -2.31. The molecule has 2 aromatic rings. The molecule has 1 atom stereocenters. The van der Waals surface area contributed by atoms with E-state index in [2.05, 4.69) is 15.0 Å². The van der Waals surface area contributed by atoms with Gasteiger partial charge in [0, 0.05) is 18.9 Å². The molecule has 0 saturated heterocycles. The molecule has 0 spiro atoms. The summed E-state index contributed by atoms with van der Waals surface area (Å²) < 4.78 is 30.7. The number of benzene rings is 1. The fourth-order valence-electron chi connectivity index (χ4n) is 2.43. The molecule has 1 aromatic heterocycles. The first-order chi connectivity index (χ1) is 11.9. The molecular weight excluding hydrogens is 340 g/mol. The third-order valence-corrected chi connectivity index (χ3v) is 6.04. The second-order valence-electron chi connectivity index (χ2n) is 5.92. The van der Waals surface area contributed by atoms with Crippen LogP contribution in [0.25, 0.3) is 0 Å². The summed E-state index contributed by atoms with van der Waals surface area (Å²) in [7, 11) is -2.48. The van der Waals surface area contributed by atoms with E-state index >= 15 is 0 Å². The van der Waals surface area contributed by atoms with Gasteiger partial charge in [-0.1, -0.05) is 32.0 Å². The Morgan fingerprint density at radius 1 is 1.16 bits per heavy atom. The van der Waals surface area contributed by atoms with Gasteiger partial charge in [0.15, 0.2) is 9.84 Å². The smallest absolute Gasteiger partial charge is 0.406 e. The third-order valence-electron chi connectivity index (χ3n) is 3.92. The van der Waals surface area contributed by atoms with Gasteiger partial charge in [0.2, 0.25) is 0 Å². The van der Waals surface area contributed by atoms with Gasteiger partial charge in [0.25, 0.3) is 0 Å². The Hall–Kier alpha value is -2.41. The van der Waals surface area contributed by atoms with Crippen LogP contribution in [0.3, 0.4) is 0 Å². The van der Waals surface area contributed by atoms with Crippen LogP contribution < -0.4 is 5.32 Å². The van der Waals surface area contributed by atoms with Crippen LogP contribution in [0, 0.1) is 0 Å². The zero-order valence-corrected chi connectivity index (χ0v) is 15.3. The van der Waals surface area contributed by atoms with E-state index in [0.29, 0.717) is 11.5 Å². The number of methoxy groups -OCH3 is 1. The summed E-state index contributed by atoms with van der Waals surface area (Å²) in [4.78, 5) is 15.6. The van der Waals surface area contributed by atoms with Crippen molar-refractivity contribution in [2.24, 2.45) is 0 Å². The van der Waals surface area contributed by atoms with Crippen LogP contribution in [0.4, 0.5) is 4.79 Å². The molecular formula is C18H22N2O4S. The number of carbonyl (C=O) groups is 1. The van der Waals surface area contributed by atoms with E-state index in [9.17, 15) is 13.2 Å². The Labute approximate surface area is 148 Å². The lowest BCUT2D eigenvalue weighted by molar-refractivity contribution is 0.171. The first-order valence-corrected chi connectivity index (χ1v) is 9.46. The van der Waals surface area contributed by atoms with E-state index in [1.807, 2.05) is 26.0 Å². The topological polar surface area (TPSA) is 85.4 Å². The highest BCUT2D eigenvalue weighted by Gasteiger charge is 2.30. The van der Waals surface area contributed by atoms with Crippen molar-refractivity contribution in [3.05, 3.63) is 59.9 Å². The Morgan fingerprint density at radius 2 is 1.84 bits per heavy atom. The first-order valence-electron chi connectivity index (χ1n) is 7.92. The number of alkyl carbamates (subject to hydrolysis) is 1. The van der Waals surface area contributed by atoms with Crippen molar-refractivity contribution in [2.45, 2.75) is 29.9 Å². The number of sulfone groups is 1. The molecule has 1 aromatic carbocycles. The van der Waals surface area contributed by atoms with Crippen LogP contribution in [0.5, 0.6) is 0 Å². The van der Waals surface area contributed by atoms with Gasteiger partial charge in [-0.15, -0.1) is 0 Å². The fraction of sp³-hybridized carbons (Fsp3) is 0.333. The van der Waals surface area contributed by atoms with Crippen molar-refractivity contribution in [2.75, 3.05) is 13.7 Å². The van der Waals surface area contributed by atoms with E-state index in [4.69, 9.17) is 0 Å². The minimum atomic E-state index is -3.71. The molecule has 7 heteroatoms. The second kappa shape index (κ2) is 8.11. The number of nitrogens with zero attached hydrogens (tertiary/aromatic N) is 1. The number of rotatable bonds is 6. The average Bonchev–Trinajstić information content (AvgIpc) is 2.62. The normalized spacial score (nSPS) is 12.6. The van der Waals surface area contributed by atoms with E-state index in [1.165, 1.54) is 13.3 Å². The van der Waals surface area contributed by atoms with Crippen molar-refractivity contribution in [3.8, 4) is 0 Å². The van der Waals surface area contributed by atoms with Gasteiger partial charge in [-0.3, -0.25) is 4.98 Å². The van der Waals surface area contributed by atoms with Gasteiger partial charge < -0.3 is 10.1 Å². The maximum absolute atomic E-state index is 13.1. The van der Waals surface area contributed by atoms with Crippen molar-refractivity contribution in [1.82, 2.24) is 10.3 Å². The van der Waals surface area contributed by atoms with E-state index in [0.717, 1.165) is 5.56 Å².